The van der Waals surface area contributed by atoms with Gasteiger partial charge in [0, 0.05) is 25.4 Å². The van der Waals surface area contributed by atoms with Crippen molar-refractivity contribution in [1.82, 2.24) is 9.55 Å². The standard InChI is InChI=1S/C10H16N2O2/c1-3-6-12-7-5-11-9(12)10(2,14)4-8-13/h5,7-8,14H,3-4,6H2,1-2H3. The number of hydrogen-bond acceptors (Lipinski definition) is 3. The number of imidazole rings is 1. The third-order valence-electron chi connectivity index (χ3n) is 2.14. The van der Waals surface area contributed by atoms with Crippen LogP contribution in [0.4, 0.5) is 0 Å². The smallest absolute Gasteiger partial charge is 0.140 e. The molecule has 4 heteroatoms. The van der Waals surface area contributed by atoms with Gasteiger partial charge in [-0.15, -0.1) is 0 Å². The lowest BCUT2D eigenvalue weighted by atomic mass is 10.0. The fourth-order valence-corrected chi connectivity index (χ4v) is 1.45. The molecule has 78 valence electrons. The number of aromatic nitrogens is 2. The van der Waals surface area contributed by atoms with Crippen molar-refractivity contribution in [1.29, 1.82) is 0 Å². The molecule has 1 atom stereocenters. The highest BCUT2D eigenvalue weighted by atomic mass is 16.3. The van der Waals surface area contributed by atoms with Gasteiger partial charge in [0.1, 0.15) is 17.7 Å². The van der Waals surface area contributed by atoms with Crippen molar-refractivity contribution < 1.29 is 9.90 Å². The lowest BCUT2D eigenvalue weighted by Crippen LogP contribution is -2.26. The Balaban J connectivity index is 2.92. The zero-order chi connectivity index (χ0) is 10.6. The summed E-state index contributed by atoms with van der Waals surface area (Å²) in [5.74, 6) is 0.562. The quantitative estimate of drug-likeness (QED) is 0.717. The van der Waals surface area contributed by atoms with Gasteiger partial charge < -0.3 is 14.5 Å². The molecule has 1 unspecified atom stereocenters. The molecule has 1 N–H and O–H groups in total. The Morgan fingerprint density at radius 2 is 2.43 bits per heavy atom. The van der Waals surface area contributed by atoms with Crippen LogP contribution in [-0.4, -0.2) is 20.9 Å². The lowest BCUT2D eigenvalue weighted by Gasteiger charge is -2.21. The second-order valence-electron chi connectivity index (χ2n) is 3.59. The molecule has 0 fully saturated rings. The van der Waals surface area contributed by atoms with Crippen LogP contribution in [0, 0.1) is 0 Å². The van der Waals surface area contributed by atoms with Gasteiger partial charge in [-0.3, -0.25) is 0 Å². The monoisotopic (exact) mass is 196 g/mol. The molecule has 0 aromatic carbocycles. The van der Waals surface area contributed by atoms with Crippen molar-refractivity contribution in [2.24, 2.45) is 0 Å². The van der Waals surface area contributed by atoms with E-state index in [0.717, 1.165) is 13.0 Å². The summed E-state index contributed by atoms with van der Waals surface area (Å²) in [6, 6.07) is 0. The first-order valence-corrected chi connectivity index (χ1v) is 4.79. The first-order chi connectivity index (χ1) is 6.61. The first-order valence-electron chi connectivity index (χ1n) is 4.79. The molecular formula is C10H16N2O2. The molecule has 1 aromatic rings. The number of carbonyl (C=O) groups excluding carboxylic acids is 1. The van der Waals surface area contributed by atoms with Crippen LogP contribution < -0.4 is 0 Å². The van der Waals surface area contributed by atoms with Crippen LogP contribution in [0.3, 0.4) is 0 Å². The van der Waals surface area contributed by atoms with Gasteiger partial charge in [0.15, 0.2) is 0 Å². The molecule has 0 radical (unpaired) electrons. The van der Waals surface area contributed by atoms with E-state index in [0.29, 0.717) is 12.1 Å². The predicted molar refractivity (Wildman–Crippen MR) is 52.8 cm³/mol. The number of carbonyl (C=O) groups is 1. The molecule has 0 aliphatic carbocycles. The minimum Gasteiger partial charge on any atom is -0.382 e. The zero-order valence-electron chi connectivity index (χ0n) is 8.60. The fraction of sp³-hybridized carbons (Fsp3) is 0.600. The van der Waals surface area contributed by atoms with E-state index in [2.05, 4.69) is 11.9 Å². The summed E-state index contributed by atoms with van der Waals surface area (Å²) in [5, 5.41) is 9.97. The van der Waals surface area contributed by atoms with Crippen LogP contribution in [0.25, 0.3) is 0 Å². The second kappa shape index (κ2) is 4.37. The van der Waals surface area contributed by atoms with Gasteiger partial charge in [0.25, 0.3) is 0 Å². The summed E-state index contributed by atoms with van der Waals surface area (Å²) in [6.45, 7) is 4.47. The molecule has 0 amide bonds. The first kappa shape index (κ1) is 10.9. The van der Waals surface area contributed by atoms with E-state index in [1.54, 1.807) is 13.1 Å². The Labute approximate surface area is 83.6 Å². The van der Waals surface area contributed by atoms with Crippen LogP contribution in [0.2, 0.25) is 0 Å². The van der Waals surface area contributed by atoms with Crippen molar-refractivity contribution in [2.45, 2.75) is 38.8 Å². The number of aryl methyl sites for hydroxylation is 1. The maximum atomic E-state index is 10.4. The van der Waals surface area contributed by atoms with Crippen molar-refractivity contribution in [3.05, 3.63) is 18.2 Å². The molecule has 4 nitrogen and oxygen atoms in total. The Kier molecular flexibility index (Phi) is 3.41. The van der Waals surface area contributed by atoms with Gasteiger partial charge >= 0.3 is 0 Å². The second-order valence-corrected chi connectivity index (χ2v) is 3.59. The van der Waals surface area contributed by atoms with Crippen molar-refractivity contribution >= 4 is 6.29 Å². The Bertz CT molecular complexity index is 305. The van der Waals surface area contributed by atoms with Crippen molar-refractivity contribution in [2.75, 3.05) is 0 Å². The van der Waals surface area contributed by atoms with Gasteiger partial charge in [-0.05, 0) is 13.3 Å². The van der Waals surface area contributed by atoms with E-state index in [-0.39, 0.29) is 6.42 Å². The maximum absolute atomic E-state index is 10.4. The van der Waals surface area contributed by atoms with E-state index in [4.69, 9.17) is 0 Å². The van der Waals surface area contributed by atoms with Gasteiger partial charge in [-0.25, -0.2) is 4.98 Å². The topological polar surface area (TPSA) is 55.1 Å². The van der Waals surface area contributed by atoms with Crippen LogP contribution in [0.5, 0.6) is 0 Å². The summed E-state index contributed by atoms with van der Waals surface area (Å²) < 4.78 is 1.88. The molecule has 1 heterocycles. The maximum Gasteiger partial charge on any atom is 0.140 e. The van der Waals surface area contributed by atoms with E-state index in [1.807, 2.05) is 10.8 Å². The minimum absolute atomic E-state index is 0.0771. The van der Waals surface area contributed by atoms with Gasteiger partial charge in [0.2, 0.25) is 0 Å². The Morgan fingerprint density at radius 3 is 3.00 bits per heavy atom. The number of aliphatic hydroxyl groups is 1. The van der Waals surface area contributed by atoms with Gasteiger partial charge in [-0.1, -0.05) is 6.92 Å². The van der Waals surface area contributed by atoms with E-state index < -0.39 is 5.60 Å². The largest absolute Gasteiger partial charge is 0.382 e. The molecular weight excluding hydrogens is 180 g/mol. The highest BCUT2D eigenvalue weighted by Gasteiger charge is 2.27. The number of nitrogens with zero attached hydrogens (tertiary/aromatic N) is 2. The van der Waals surface area contributed by atoms with Crippen LogP contribution in [-0.2, 0) is 16.9 Å². The number of rotatable bonds is 5. The SMILES string of the molecule is CCCn1ccnc1C(C)(O)CC=O. The van der Waals surface area contributed by atoms with Crippen molar-refractivity contribution in [3.8, 4) is 0 Å². The Hall–Kier alpha value is -1.16. The average Bonchev–Trinajstić information content (AvgIpc) is 2.53. The van der Waals surface area contributed by atoms with Crippen LogP contribution in [0.1, 0.15) is 32.5 Å². The molecule has 1 rings (SSSR count). The molecule has 0 bridgehead atoms. The molecule has 0 saturated heterocycles. The van der Waals surface area contributed by atoms with Gasteiger partial charge in [-0.2, -0.15) is 0 Å². The van der Waals surface area contributed by atoms with E-state index in [1.165, 1.54) is 0 Å². The molecule has 14 heavy (non-hydrogen) atoms. The van der Waals surface area contributed by atoms with Gasteiger partial charge in [0.05, 0.1) is 0 Å². The van der Waals surface area contributed by atoms with Crippen LogP contribution in [0.15, 0.2) is 12.4 Å². The summed E-state index contributed by atoms with van der Waals surface area (Å²) in [5.41, 5.74) is -1.15. The predicted octanol–water partition coefficient (Wildman–Crippen LogP) is 1.09. The third kappa shape index (κ3) is 2.20. The fourth-order valence-electron chi connectivity index (χ4n) is 1.45. The number of hydrogen-bond donors (Lipinski definition) is 1. The normalized spacial score (nSPS) is 15.1. The summed E-state index contributed by atoms with van der Waals surface area (Å²) in [7, 11) is 0. The summed E-state index contributed by atoms with van der Waals surface area (Å²) >= 11 is 0. The molecule has 1 aromatic heterocycles. The average molecular weight is 196 g/mol. The zero-order valence-corrected chi connectivity index (χ0v) is 8.60. The molecule has 0 aliphatic rings. The summed E-state index contributed by atoms with van der Waals surface area (Å²) in [6.07, 6.45) is 5.22. The minimum atomic E-state index is -1.15. The highest BCUT2D eigenvalue weighted by molar-refractivity contribution is 5.51. The summed E-state index contributed by atoms with van der Waals surface area (Å²) in [4.78, 5) is 14.5. The van der Waals surface area contributed by atoms with Crippen molar-refractivity contribution in [3.63, 3.8) is 0 Å². The van der Waals surface area contributed by atoms with E-state index >= 15 is 0 Å². The molecule has 0 aliphatic heterocycles. The van der Waals surface area contributed by atoms with Crippen LogP contribution >= 0.6 is 0 Å². The highest BCUT2D eigenvalue weighted by Crippen LogP contribution is 2.21. The number of aldehydes is 1. The van der Waals surface area contributed by atoms with E-state index in [9.17, 15) is 9.90 Å². The molecule has 0 spiro atoms. The molecule has 0 saturated carbocycles. The lowest BCUT2D eigenvalue weighted by molar-refractivity contribution is -0.112. The third-order valence-corrected chi connectivity index (χ3v) is 2.14. The Morgan fingerprint density at radius 1 is 1.71 bits per heavy atom.